The molecule has 0 atom stereocenters. The largest absolute Gasteiger partial charge is 0.497 e. The zero-order chi connectivity index (χ0) is 21.2. The van der Waals surface area contributed by atoms with Gasteiger partial charge in [0.05, 0.1) is 13.7 Å². The van der Waals surface area contributed by atoms with E-state index in [1.54, 1.807) is 43.5 Å². The second kappa shape index (κ2) is 10.6. The Morgan fingerprint density at radius 2 is 1.69 bits per heavy atom. The third-order valence-corrected chi connectivity index (χ3v) is 3.78. The number of hydrogen-bond acceptors (Lipinski definition) is 5. The number of anilines is 1. The van der Waals surface area contributed by atoms with Crippen LogP contribution in [0.1, 0.15) is 22.8 Å². The highest BCUT2D eigenvalue weighted by Gasteiger charge is 2.14. The summed E-state index contributed by atoms with van der Waals surface area (Å²) in [6, 6.07) is 13.2. The van der Waals surface area contributed by atoms with E-state index in [1.807, 2.05) is 0 Å². The molecule has 2 rings (SSSR count). The van der Waals surface area contributed by atoms with Gasteiger partial charge in [0.15, 0.2) is 0 Å². The number of amides is 3. The smallest absolute Gasteiger partial charge is 0.267 e. The molecule has 0 fully saturated rings. The van der Waals surface area contributed by atoms with Crippen molar-refractivity contribution in [2.75, 3.05) is 25.6 Å². The lowest BCUT2D eigenvalue weighted by Gasteiger charge is -2.11. The van der Waals surface area contributed by atoms with Crippen molar-refractivity contribution < 1.29 is 24.2 Å². The molecule has 152 valence electrons. The molecule has 2 aromatic rings. The van der Waals surface area contributed by atoms with E-state index in [0.29, 0.717) is 22.6 Å². The van der Waals surface area contributed by atoms with Crippen molar-refractivity contribution in [3.05, 3.63) is 65.4 Å². The number of benzene rings is 2. The van der Waals surface area contributed by atoms with Gasteiger partial charge in [-0.05, 0) is 48.0 Å². The van der Waals surface area contributed by atoms with Gasteiger partial charge in [-0.2, -0.15) is 0 Å². The summed E-state index contributed by atoms with van der Waals surface area (Å²) in [4.78, 5) is 36.0. The maximum atomic E-state index is 12.6. The molecule has 4 N–H and O–H groups in total. The summed E-state index contributed by atoms with van der Waals surface area (Å²) >= 11 is 0. The molecule has 2 aromatic carbocycles. The minimum atomic E-state index is -0.530. The van der Waals surface area contributed by atoms with Gasteiger partial charge < -0.3 is 25.8 Å². The second-order valence-electron chi connectivity index (χ2n) is 6.02. The molecule has 0 radical (unpaired) electrons. The molecule has 3 amide bonds. The summed E-state index contributed by atoms with van der Waals surface area (Å²) in [6.45, 7) is 1.22. The Bertz CT molecular complexity index is 890. The summed E-state index contributed by atoms with van der Waals surface area (Å²) < 4.78 is 5.11. The summed E-state index contributed by atoms with van der Waals surface area (Å²) in [5.74, 6) is -0.569. The molecular formula is C21H23N3O5. The van der Waals surface area contributed by atoms with Crippen molar-refractivity contribution in [2.45, 2.75) is 6.92 Å². The highest BCUT2D eigenvalue weighted by molar-refractivity contribution is 6.05. The number of aliphatic hydroxyl groups excluding tert-OH is 1. The third-order valence-electron chi connectivity index (χ3n) is 3.78. The average Bonchev–Trinajstić information content (AvgIpc) is 2.72. The Morgan fingerprint density at radius 1 is 1.03 bits per heavy atom. The number of carbonyl (C=O) groups excluding carboxylic acids is 3. The lowest BCUT2D eigenvalue weighted by atomic mass is 10.1. The molecular weight excluding hydrogens is 374 g/mol. The Kier molecular flexibility index (Phi) is 7.93. The van der Waals surface area contributed by atoms with Crippen LogP contribution >= 0.6 is 0 Å². The van der Waals surface area contributed by atoms with E-state index >= 15 is 0 Å². The van der Waals surface area contributed by atoms with Crippen LogP contribution in [0.3, 0.4) is 0 Å². The van der Waals surface area contributed by atoms with E-state index in [4.69, 9.17) is 9.84 Å². The molecule has 8 heteroatoms. The number of rotatable bonds is 8. The predicted molar refractivity (Wildman–Crippen MR) is 109 cm³/mol. The van der Waals surface area contributed by atoms with Crippen LogP contribution in [0.5, 0.6) is 5.75 Å². The van der Waals surface area contributed by atoms with Gasteiger partial charge in [-0.15, -0.1) is 0 Å². The van der Waals surface area contributed by atoms with E-state index in [-0.39, 0.29) is 24.8 Å². The van der Waals surface area contributed by atoms with Crippen LogP contribution < -0.4 is 20.7 Å². The van der Waals surface area contributed by atoms with Gasteiger partial charge in [-0.25, -0.2) is 0 Å². The summed E-state index contributed by atoms with van der Waals surface area (Å²) in [5.41, 5.74) is 1.58. The van der Waals surface area contributed by atoms with Crippen molar-refractivity contribution in [1.82, 2.24) is 10.6 Å². The Labute approximate surface area is 168 Å². The molecule has 0 heterocycles. The van der Waals surface area contributed by atoms with Gasteiger partial charge in [-0.3, -0.25) is 14.4 Å². The maximum absolute atomic E-state index is 12.6. The van der Waals surface area contributed by atoms with E-state index in [9.17, 15) is 14.4 Å². The fourth-order valence-electron chi connectivity index (χ4n) is 2.39. The average molecular weight is 397 g/mol. The van der Waals surface area contributed by atoms with E-state index in [0.717, 1.165) is 0 Å². The van der Waals surface area contributed by atoms with Gasteiger partial charge >= 0.3 is 0 Å². The normalized spacial score (nSPS) is 10.8. The molecule has 0 saturated carbocycles. The van der Waals surface area contributed by atoms with Crippen molar-refractivity contribution in [2.24, 2.45) is 0 Å². The standard InChI is InChI=1S/C21H23N3O5/c1-14(26)23-17-7-5-16(6-8-17)20(27)24-19(21(28)22-11-12-25)13-15-3-9-18(29-2)10-4-15/h3-10,13,25H,11-12H2,1-2H3,(H,22,28)(H,23,26)(H,24,27). The van der Waals surface area contributed by atoms with Gasteiger partial charge in [0.1, 0.15) is 11.4 Å². The van der Waals surface area contributed by atoms with Crippen LogP contribution in [0.2, 0.25) is 0 Å². The first kappa shape index (κ1) is 21.6. The monoisotopic (exact) mass is 397 g/mol. The van der Waals surface area contributed by atoms with Crippen molar-refractivity contribution in [1.29, 1.82) is 0 Å². The van der Waals surface area contributed by atoms with Crippen molar-refractivity contribution in [3.63, 3.8) is 0 Å². The quantitative estimate of drug-likeness (QED) is 0.504. The zero-order valence-electron chi connectivity index (χ0n) is 16.2. The van der Waals surface area contributed by atoms with Crippen molar-refractivity contribution >= 4 is 29.5 Å². The van der Waals surface area contributed by atoms with Crippen LogP contribution in [0, 0.1) is 0 Å². The molecule has 8 nitrogen and oxygen atoms in total. The number of nitrogens with one attached hydrogen (secondary N) is 3. The minimum Gasteiger partial charge on any atom is -0.497 e. The number of ether oxygens (including phenoxy) is 1. The van der Waals surface area contributed by atoms with Crippen LogP contribution in [-0.2, 0) is 9.59 Å². The van der Waals surface area contributed by atoms with E-state index in [1.165, 1.54) is 25.1 Å². The van der Waals surface area contributed by atoms with Gasteiger partial charge in [0, 0.05) is 24.7 Å². The predicted octanol–water partition coefficient (Wildman–Crippen LogP) is 1.53. The molecule has 0 saturated heterocycles. The van der Waals surface area contributed by atoms with Crippen LogP contribution in [0.15, 0.2) is 54.2 Å². The number of hydrogen-bond donors (Lipinski definition) is 4. The topological polar surface area (TPSA) is 117 Å². The molecule has 0 spiro atoms. The number of aliphatic hydroxyl groups is 1. The van der Waals surface area contributed by atoms with Crippen LogP contribution in [0.25, 0.3) is 6.08 Å². The molecule has 0 aromatic heterocycles. The molecule has 0 aliphatic carbocycles. The fourth-order valence-corrected chi connectivity index (χ4v) is 2.39. The third kappa shape index (κ3) is 6.78. The minimum absolute atomic E-state index is 0.0274. The lowest BCUT2D eigenvalue weighted by molar-refractivity contribution is -0.118. The first-order valence-corrected chi connectivity index (χ1v) is 8.86. The summed E-state index contributed by atoms with van der Waals surface area (Å²) in [5, 5.41) is 16.7. The Hall–Kier alpha value is -3.65. The van der Waals surface area contributed by atoms with Crippen LogP contribution in [0.4, 0.5) is 5.69 Å². The highest BCUT2D eigenvalue weighted by Crippen LogP contribution is 2.14. The van der Waals surface area contributed by atoms with E-state index < -0.39 is 11.8 Å². The summed E-state index contributed by atoms with van der Waals surface area (Å²) in [7, 11) is 1.55. The molecule has 0 bridgehead atoms. The summed E-state index contributed by atoms with van der Waals surface area (Å²) in [6.07, 6.45) is 1.52. The Morgan fingerprint density at radius 3 is 2.24 bits per heavy atom. The molecule has 29 heavy (non-hydrogen) atoms. The van der Waals surface area contributed by atoms with Crippen LogP contribution in [-0.4, -0.2) is 43.1 Å². The fraction of sp³-hybridized carbons (Fsp3) is 0.190. The van der Waals surface area contributed by atoms with E-state index in [2.05, 4.69) is 16.0 Å². The first-order chi connectivity index (χ1) is 13.9. The zero-order valence-corrected chi connectivity index (χ0v) is 16.2. The van der Waals surface area contributed by atoms with Gasteiger partial charge in [-0.1, -0.05) is 12.1 Å². The van der Waals surface area contributed by atoms with Gasteiger partial charge in [0.2, 0.25) is 5.91 Å². The molecule has 0 unspecified atom stereocenters. The Balaban J connectivity index is 2.21. The second-order valence-corrected chi connectivity index (χ2v) is 6.02. The number of methoxy groups -OCH3 is 1. The molecule has 0 aliphatic heterocycles. The van der Waals surface area contributed by atoms with Gasteiger partial charge in [0.25, 0.3) is 11.8 Å². The molecule has 0 aliphatic rings. The first-order valence-electron chi connectivity index (χ1n) is 8.86. The highest BCUT2D eigenvalue weighted by atomic mass is 16.5. The number of carbonyl (C=O) groups is 3. The maximum Gasteiger partial charge on any atom is 0.267 e. The lowest BCUT2D eigenvalue weighted by Crippen LogP contribution is -2.36. The SMILES string of the molecule is COc1ccc(C=C(NC(=O)c2ccc(NC(C)=O)cc2)C(=O)NCCO)cc1. The van der Waals surface area contributed by atoms with Crippen molar-refractivity contribution in [3.8, 4) is 5.75 Å².